The molecule has 9 heteroatoms. The molecular weight excluding hydrogens is 502 g/mol. The van der Waals surface area contributed by atoms with Crippen LogP contribution in [-0.2, 0) is 20.9 Å². The van der Waals surface area contributed by atoms with E-state index in [9.17, 15) is 19.5 Å². The number of hydrogen-bond donors (Lipinski definition) is 3. The zero-order chi connectivity index (χ0) is 28.3. The van der Waals surface area contributed by atoms with Gasteiger partial charge in [0.2, 0.25) is 11.8 Å². The van der Waals surface area contributed by atoms with Crippen molar-refractivity contribution in [3.05, 3.63) is 70.8 Å². The minimum atomic E-state index is -1.00. The molecule has 0 radical (unpaired) electrons. The summed E-state index contributed by atoms with van der Waals surface area (Å²) in [7, 11) is 0. The van der Waals surface area contributed by atoms with E-state index >= 15 is 0 Å². The van der Waals surface area contributed by atoms with Gasteiger partial charge < -0.3 is 25.4 Å². The van der Waals surface area contributed by atoms with E-state index in [1.54, 1.807) is 32.5 Å². The third-order valence-corrected chi connectivity index (χ3v) is 6.46. The van der Waals surface area contributed by atoms with Crippen molar-refractivity contribution >= 4 is 29.7 Å². The number of alkyl carbamates (subject to hydrolysis) is 1. The lowest BCUT2D eigenvalue weighted by atomic mass is 9.96. The number of thioether (sulfide) groups is 1. The Labute approximate surface area is 230 Å². The van der Waals surface area contributed by atoms with Gasteiger partial charge >= 0.3 is 6.09 Å². The Morgan fingerprint density at radius 2 is 1.76 bits per heavy atom. The molecule has 0 bridgehead atoms. The van der Waals surface area contributed by atoms with Crippen LogP contribution in [0.5, 0.6) is 0 Å². The molecular formula is C29H41N3O5S. The van der Waals surface area contributed by atoms with Crippen molar-refractivity contribution in [2.75, 3.05) is 25.2 Å². The van der Waals surface area contributed by atoms with Gasteiger partial charge in [-0.15, -0.1) is 0 Å². The van der Waals surface area contributed by atoms with Crippen LogP contribution in [0, 0.1) is 13.8 Å². The van der Waals surface area contributed by atoms with E-state index in [4.69, 9.17) is 4.74 Å². The third-order valence-electron chi connectivity index (χ3n) is 5.81. The molecule has 2 rings (SSSR count). The van der Waals surface area contributed by atoms with Crippen molar-refractivity contribution in [1.29, 1.82) is 0 Å². The first-order chi connectivity index (χ1) is 18.0. The van der Waals surface area contributed by atoms with E-state index in [0.29, 0.717) is 17.7 Å². The van der Waals surface area contributed by atoms with Crippen LogP contribution in [0.15, 0.2) is 48.5 Å². The molecule has 3 N–H and O–H groups in total. The second kappa shape index (κ2) is 14.8. The van der Waals surface area contributed by atoms with Crippen LogP contribution in [0.4, 0.5) is 4.79 Å². The molecule has 0 aliphatic heterocycles. The van der Waals surface area contributed by atoms with Crippen LogP contribution in [0.2, 0.25) is 0 Å². The number of amides is 3. The van der Waals surface area contributed by atoms with E-state index in [1.807, 2.05) is 68.6 Å². The number of aliphatic hydroxyl groups excluding tert-OH is 1. The predicted octanol–water partition coefficient (Wildman–Crippen LogP) is 4.13. The molecule has 0 fully saturated rings. The fraction of sp³-hybridized carbons (Fsp3) is 0.483. The number of rotatable bonds is 12. The van der Waals surface area contributed by atoms with Crippen LogP contribution in [0.3, 0.4) is 0 Å². The molecule has 0 aliphatic carbocycles. The standard InChI is InChI=1S/C29H41N3O5S/c1-20-12-13-23(21(2)18-20)25(26(34)30-19-22-10-8-7-9-11-22)32(15-16-33)27(35)24(14-17-38-6)31-28(36)37-29(3,4)5/h7-13,18,24-25,33H,14-17,19H2,1-6H3,(H,30,34)(H,31,36). The van der Waals surface area contributed by atoms with Gasteiger partial charge in [-0.3, -0.25) is 9.59 Å². The predicted molar refractivity (Wildman–Crippen MR) is 152 cm³/mol. The highest BCUT2D eigenvalue weighted by atomic mass is 32.2. The summed E-state index contributed by atoms with van der Waals surface area (Å²) in [4.78, 5) is 41.6. The molecule has 2 aromatic rings. The summed E-state index contributed by atoms with van der Waals surface area (Å²) in [6, 6.07) is 13.3. The van der Waals surface area contributed by atoms with Crippen molar-refractivity contribution < 1.29 is 24.2 Å². The molecule has 2 unspecified atom stereocenters. The highest BCUT2D eigenvalue weighted by Gasteiger charge is 2.36. The van der Waals surface area contributed by atoms with Gasteiger partial charge in [0.05, 0.1) is 6.61 Å². The number of aryl methyl sites for hydroxylation is 2. The Balaban J connectivity index is 2.45. The van der Waals surface area contributed by atoms with E-state index < -0.39 is 29.7 Å². The molecule has 208 valence electrons. The minimum Gasteiger partial charge on any atom is -0.444 e. The van der Waals surface area contributed by atoms with Gasteiger partial charge in [0, 0.05) is 13.1 Å². The summed E-state index contributed by atoms with van der Waals surface area (Å²) in [5.74, 6) is -0.226. The monoisotopic (exact) mass is 543 g/mol. The Kier molecular flexibility index (Phi) is 12.1. The minimum absolute atomic E-state index is 0.0820. The normalized spacial score (nSPS) is 12.8. The maximum absolute atomic E-state index is 14.0. The molecule has 38 heavy (non-hydrogen) atoms. The number of aliphatic hydroxyl groups is 1. The van der Waals surface area contributed by atoms with Crippen molar-refractivity contribution in [3.8, 4) is 0 Å². The van der Waals surface area contributed by atoms with Gasteiger partial charge in [0.15, 0.2) is 0 Å². The smallest absolute Gasteiger partial charge is 0.408 e. The highest BCUT2D eigenvalue weighted by Crippen LogP contribution is 2.27. The number of carbonyl (C=O) groups excluding carboxylic acids is 3. The van der Waals surface area contributed by atoms with Crippen molar-refractivity contribution in [1.82, 2.24) is 15.5 Å². The maximum Gasteiger partial charge on any atom is 0.408 e. The zero-order valence-corrected chi connectivity index (χ0v) is 24.1. The molecule has 0 saturated carbocycles. The van der Waals surface area contributed by atoms with Gasteiger partial charge in [0.25, 0.3) is 0 Å². The van der Waals surface area contributed by atoms with E-state index in [1.165, 1.54) is 4.90 Å². The summed E-state index contributed by atoms with van der Waals surface area (Å²) < 4.78 is 5.39. The van der Waals surface area contributed by atoms with Crippen molar-refractivity contribution in [2.24, 2.45) is 0 Å². The molecule has 0 heterocycles. The number of hydrogen-bond acceptors (Lipinski definition) is 6. The van der Waals surface area contributed by atoms with E-state index in [0.717, 1.165) is 16.7 Å². The Bertz CT molecular complexity index is 1070. The van der Waals surface area contributed by atoms with Crippen molar-refractivity contribution in [3.63, 3.8) is 0 Å². The second-order valence-electron chi connectivity index (χ2n) is 10.2. The molecule has 8 nitrogen and oxygen atoms in total. The van der Waals surface area contributed by atoms with Crippen LogP contribution in [-0.4, -0.2) is 64.7 Å². The average molecular weight is 544 g/mol. The van der Waals surface area contributed by atoms with Crippen LogP contribution < -0.4 is 10.6 Å². The maximum atomic E-state index is 14.0. The lowest BCUT2D eigenvalue weighted by Crippen LogP contribution is -2.54. The summed E-state index contributed by atoms with van der Waals surface area (Å²) in [6.07, 6.45) is 1.54. The molecule has 0 saturated heterocycles. The van der Waals surface area contributed by atoms with E-state index in [-0.39, 0.29) is 25.6 Å². The quantitative estimate of drug-likeness (QED) is 0.372. The summed E-state index contributed by atoms with van der Waals surface area (Å²) in [6.45, 7) is 8.95. The number of carbonyl (C=O) groups is 3. The molecule has 0 aliphatic rings. The summed E-state index contributed by atoms with van der Waals surface area (Å²) in [5, 5.41) is 15.6. The average Bonchev–Trinajstić information content (AvgIpc) is 2.85. The topological polar surface area (TPSA) is 108 Å². The van der Waals surface area contributed by atoms with Gasteiger partial charge in [-0.2, -0.15) is 11.8 Å². The van der Waals surface area contributed by atoms with Crippen LogP contribution in [0.25, 0.3) is 0 Å². The lowest BCUT2D eigenvalue weighted by molar-refractivity contribution is -0.143. The molecule has 0 aromatic heterocycles. The van der Waals surface area contributed by atoms with Gasteiger partial charge in [0.1, 0.15) is 17.7 Å². The Hall–Kier alpha value is -3.04. The molecule has 2 atom stereocenters. The molecule has 0 spiro atoms. The van der Waals surface area contributed by atoms with E-state index in [2.05, 4.69) is 10.6 Å². The first-order valence-corrected chi connectivity index (χ1v) is 14.1. The summed E-state index contributed by atoms with van der Waals surface area (Å²) in [5.41, 5.74) is 2.72. The molecule has 2 aromatic carbocycles. The first-order valence-electron chi connectivity index (χ1n) is 12.8. The lowest BCUT2D eigenvalue weighted by Gasteiger charge is -2.34. The SMILES string of the molecule is CSCCC(NC(=O)OC(C)(C)C)C(=O)N(CCO)C(C(=O)NCc1ccccc1)c1ccc(C)cc1C. The number of nitrogens with zero attached hydrogens (tertiary/aromatic N) is 1. The Morgan fingerprint density at radius 1 is 1.08 bits per heavy atom. The van der Waals surface area contributed by atoms with Crippen LogP contribution >= 0.6 is 11.8 Å². The van der Waals surface area contributed by atoms with Gasteiger partial charge in [-0.25, -0.2) is 4.79 Å². The van der Waals surface area contributed by atoms with Gasteiger partial charge in [-0.05, 0) is 69.7 Å². The fourth-order valence-corrected chi connectivity index (χ4v) is 4.55. The van der Waals surface area contributed by atoms with Gasteiger partial charge in [-0.1, -0.05) is 54.1 Å². The highest BCUT2D eigenvalue weighted by molar-refractivity contribution is 7.98. The van der Waals surface area contributed by atoms with Crippen molar-refractivity contribution in [2.45, 2.75) is 65.3 Å². The number of ether oxygens (including phenoxy) is 1. The number of nitrogens with one attached hydrogen (secondary N) is 2. The first kappa shape index (κ1) is 31.2. The Morgan fingerprint density at radius 3 is 2.34 bits per heavy atom. The zero-order valence-electron chi connectivity index (χ0n) is 23.2. The summed E-state index contributed by atoms with van der Waals surface area (Å²) >= 11 is 1.54. The largest absolute Gasteiger partial charge is 0.444 e. The second-order valence-corrected chi connectivity index (χ2v) is 11.2. The molecule has 3 amide bonds. The fourth-order valence-electron chi connectivity index (χ4n) is 4.08. The third kappa shape index (κ3) is 9.68. The number of benzene rings is 2. The van der Waals surface area contributed by atoms with Crippen LogP contribution in [0.1, 0.15) is 55.5 Å².